The summed E-state index contributed by atoms with van der Waals surface area (Å²) in [4.78, 5) is 4.50. The van der Waals surface area contributed by atoms with Crippen LogP contribution in [0.4, 0.5) is 0 Å². The molecule has 0 aliphatic heterocycles. The highest BCUT2D eigenvalue weighted by atomic mass is 15.2. The second kappa shape index (κ2) is 5.60. The van der Waals surface area contributed by atoms with Crippen molar-refractivity contribution < 1.29 is 4.57 Å². The van der Waals surface area contributed by atoms with Crippen molar-refractivity contribution in [2.75, 3.05) is 0 Å². The number of aromatic nitrogens is 3. The highest BCUT2D eigenvalue weighted by molar-refractivity contribution is 5.79. The van der Waals surface area contributed by atoms with Crippen molar-refractivity contribution in [3.8, 4) is 17.1 Å². The van der Waals surface area contributed by atoms with Gasteiger partial charge in [0.25, 0.3) is 5.82 Å². The molecule has 118 valence electrons. The maximum Gasteiger partial charge on any atom is 0.296 e. The Balaban J connectivity index is 2.18. The van der Waals surface area contributed by atoms with Crippen molar-refractivity contribution in [2.24, 2.45) is 7.05 Å². The molecule has 3 heteroatoms. The first-order valence-corrected chi connectivity index (χ1v) is 8.16. The lowest BCUT2D eigenvalue weighted by Gasteiger charge is -2.07. The number of fused-ring (bicyclic) bond motifs is 1. The number of hydrogen-bond acceptors (Lipinski definition) is 1. The fourth-order valence-electron chi connectivity index (χ4n) is 3.39. The maximum absolute atomic E-state index is 4.50. The molecule has 0 N–H and O–H groups in total. The van der Waals surface area contributed by atoms with Crippen LogP contribution in [0, 0.1) is 13.8 Å². The van der Waals surface area contributed by atoms with Gasteiger partial charge in [-0.3, -0.25) is 4.98 Å². The van der Waals surface area contributed by atoms with E-state index in [9.17, 15) is 0 Å². The van der Waals surface area contributed by atoms with Gasteiger partial charge in [-0.2, -0.15) is 4.57 Å². The highest BCUT2D eigenvalue weighted by Gasteiger charge is 2.27. The van der Waals surface area contributed by atoms with Crippen LogP contribution in [0.25, 0.3) is 28.1 Å². The lowest BCUT2D eigenvalue weighted by molar-refractivity contribution is -0.633. The van der Waals surface area contributed by atoms with Gasteiger partial charge in [0.2, 0.25) is 0 Å². The smallest absolute Gasteiger partial charge is 0.261 e. The van der Waals surface area contributed by atoms with E-state index >= 15 is 0 Å². The molecule has 4 aromatic rings. The summed E-state index contributed by atoms with van der Waals surface area (Å²) >= 11 is 0. The van der Waals surface area contributed by atoms with Crippen LogP contribution in [-0.2, 0) is 7.05 Å². The summed E-state index contributed by atoms with van der Waals surface area (Å²) in [5, 5.41) is 0. The summed E-state index contributed by atoms with van der Waals surface area (Å²) in [5.74, 6) is 1.15. The Morgan fingerprint density at radius 3 is 2.42 bits per heavy atom. The van der Waals surface area contributed by atoms with Gasteiger partial charge in [-0.05, 0) is 49.7 Å². The van der Waals surface area contributed by atoms with E-state index in [4.69, 9.17) is 0 Å². The zero-order chi connectivity index (χ0) is 16.7. The largest absolute Gasteiger partial charge is 0.296 e. The molecule has 0 unspecified atom stereocenters. The quantitative estimate of drug-likeness (QED) is 0.510. The third-order valence-electron chi connectivity index (χ3n) is 4.62. The van der Waals surface area contributed by atoms with Crippen LogP contribution in [0.3, 0.4) is 0 Å². The average molecular weight is 314 g/mol. The van der Waals surface area contributed by atoms with Crippen molar-refractivity contribution >= 4 is 11.0 Å². The van der Waals surface area contributed by atoms with Crippen molar-refractivity contribution in [1.29, 1.82) is 0 Å². The molecule has 0 bridgehead atoms. The molecule has 2 heterocycles. The Bertz CT molecular complexity index is 1040. The van der Waals surface area contributed by atoms with E-state index in [1.807, 2.05) is 12.3 Å². The third kappa shape index (κ3) is 2.13. The first kappa shape index (κ1) is 14.6. The Morgan fingerprint density at radius 1 is 0.875 bits per heavy atom. The topological polar surface area (TPSA) is 21.7 Å². The lowest BCUT2D eigenvalue weighted by Crippen LogP contribution is -2.30. The minimum Gasteiger partial charge on any atom is -0.261 e. The van der Waals surface area contributed by atoms with Crippen molar-refractivity contribution in [3.05, 3.63) is 78.1 Å². The molecule has 3 nitrogen and oxygen atoms in total. The summed E-state index contributed by atoms with van der Waals surface area (Å²) in [7, 11) is 2.12. The summed E-state index contributed by atoms with van der Waals surface area (Å²) in [6, 6.07) is 21.2. The standard InChI is InChI=1S/C21H20N3/c1-15-9-4-5-11-18(15)24-20-13-7-6-12-19(20)23(3)21(24)17-10-8-14-22-16(17)2/h4-14H,1-3H3/q+1. The maximum atomic E-state index is 4.50. The van der Waals surface area contributed by atoms with Gasteiger partial charge in [0, 0.05) is 6.20 Å². The molecule has 0 atom stereocenters. The summed E-state index contributed by atoms with van der Waals surface area (Å²) < 4.78 is 4.60. The first-order chi connectivity index (χ1) is 11.7. The Labute approximate surface area is 141 Å². The van der Waals surface area contributed by atoms with Crippen LogP contribution in [0.1, 0.15) is 11.3 Å². The van der Waals surface area contributed by atoms with Gasteiger partial charge < -0.3 is 0 Å². The van der Waals surface area contributed by atoms with Gasteiger partial charge in [-0.25, -0.2) is 4.57 Å². The second-order valence-corrected chi connectivity index (χ2v) is 6.13. The molecule has 0 aliphatic rings. The Morgan fingerprint density at radius 2 is 1.62 bits per heavy atom. The van der Waals surface area contributed by atoms with E-state index < -0.39 is 0 Å². The fourth-order valence-corrected chi connectivity index (χ4v) is 3.39. The number of benzene rings is 2. The molecule has 0 radical (unpaired) electrons. The SMILES string of the molecule is Cc1ccccc1-n1c(-c2cccnc2C)[n+](C)c2ccccc21. The number of imidazole rings is 1. The van der Waals surface area contributed by atoms with Crippen molar-refractivity contribution in [2.45, 2.75) is 13.8 Å². The number of rotatable bonds is 2. The van der Waals surface area contributed by atoms with Gasteiger partial charge in [0.15, 0.2) is 11.0 Å². The van der Waals surface area contributed by atoms with E-state index in [0.29, 0.717) is 0 Å². The van der Waals surface area contributed by atoms with E-state index in [0.717, 1.165) is 17.1 Å². The van der Waals surface area contributed by atoms with Crippen LogP contribution in [-0.4, -0.2) is 9.55 Å². The molecule has 0 amide bonds. The van der Waals surface area contributed by atoms with Crippen molar-refractivity contribution in [3.63, 3.8) is 0 Å². The van der Waals surface area contributed by atoms with Crippen LogP contribution < -0.4 is 4.57 Å². The van der Waals surface area contributed by atoms with Crippen molar-refractivity contribution in [1.82, 2.24) is 9.55 Å². The minimum atomic E-state index is 1.03. The zero-order valence-corrected chi connectivity index (χ0v) is 14.2. The molecule has 0 aliphatic carbocycles. The van der Waals surface area contributed by atoms with Gasteiger partial charge in [-0.15, -0.1) is 0 Å². The lowest BCUT2D eigenvalue weighted by atomic mass is 10.1. The molecular weight excluding hydrogens is 294 g/mol. The second-order valence-electron chi connectivity index (χ2n) is 6.13. The molecule has 0 spiro atoms. The zero-order valence-electron chi connectivity index (χ0n) is 14.2. The van der Waals surface area contributed by atoms with Crippen LogP contribution in [0.15, 0.2) is 66.9 Å². The average Bonchev–Trinajstić information content (AvgIpc) is 2.89. The molecule has 2 aromatic heterocycles. The van der Waals surface area contributed by atoms with Crippen LogP contribution in [0.2, 0.25) is 0 Å². The van der Waals surface area contributed by atoms with Crippen LogP contribution >= 0.6 is 0 Å². The number of aryl methyl sites for hydroxylation is 3. The Kier molecular flexibility index (Phi) is 3.42. The van der Waals surface area contributed by atoms with Gasteiger partial charge in [0.05, 0.1) is 18.3 Å². The first-order valence-electron chi connectivity index (χ1n) is 8.16. The highest BCUT2D eigenvalue weighted by Crippen LogP contribution is 2.29. The molecule has 0 saturated carbocycles. The summed E-state index contributed by atoms with van der Waals surface area (Å²) in [6.07, 6.45) is 1.85. The van der Waals surface area contributed by atoms with E-state index in [-0.39, 0.29) is 0 Å². The molecule has 0 fully saturated rings. The number of hydrogen-bond donors (Lipinski definition) is 0. The molecule has 24 heavy (non-hydrogen) atoms. The molecular formula is C21H20N3+. The molecule has 0 saturated heterocycles. The predicted molar refractivity (Wildman–Crippen MR) is 97.2 cm³/mol. The predicted octanol–water partition coefficient (Wildman–Crippen LogP) is 4.13. The normalized spacial score (nSPS) is 11.1. The molecule has 2 aromatic carbocycles. The fraction of sp³-hybridized carbons (Fsp3) is 0.143. The van der Waals surface area contributed by atoms with Gasteiger partial charge in [-0.1, -0.05) is 30.3 Å². The third-order valence-corrected chi connectivity index (χ3v) is 4.62. The summed E-state index contributed by atoms with van der Waals surface area (Å²) in [6.45, 7) is 4.22. The van der Waals surface area contributed by atoms with Crippen LogP contribution in [0.5, 0.6) is 0 Å². The van der Waals surface area contributed by atoms with Gasteiger partial charge in [0.1, 0.15) is 5.69 Å². The Hall–Kier alpha value is -2.94. The number of para-hydroxylation sites is 3. The monoisotopic (exact) mass is 314 g/mol. The van der Waals surface area contributed by atoms with E-state index in [2.05, 4.69) is 89.6 Å². The molecule has 4 rings (SSSR count). The van der Waals surface area contributed by atoms with E-state index in [1.165, 1.54) is 22.3 Å². The number of nitrogens with zero attached hydrogens (tertiary/aromatic N) is 3. The summed E-state index contributed by atoms with van der Waals surface area (Å²) in [5.41, 5.74) is 7.05. The minimum absolute atomic E-state index is 1.03. The number of pyridine rings is 1. The van der Waals surface area contributed by atoms with E-state index in [1.54, 1.807) is 0 Å². The van der Waals surface area contributed by atoms with Gasteiger partial charge >= 0.3 is 0 Å².